The van der Waals surface area contributed by atoms with Crippen LogP contribution in [0, 0.1) is 0 Å². The number of hydrogen-bond donors (Lipinski definition) is 0. The van der Waals surface area contributed by atoms with Gasteiger partial charge in [-0.1, -0.05) is 28.1 Å². The van der Waals surface area contributed by atoms with Crippen LogP contribution in [-0.2, 0) is 11.3 Å². The minimum Gasteiger partial charge on any atom is -0.462 e. The predicted octanol–water partition coefficient (Wildman–Crippen LogP) is 3.95. The first-order valence-corrected chi connectivity index (χ1v) is 9.44. The molecule has 25 heavy (non-hydrogen) atoms. The van der Waals surface area contributed by atoms with Gasteiger partial charge in [0.2, 0.25) is 0 Å². The number of ether oxygens (including phenoxy) is 1. The third kappa shape index (κ3) is 4.83. The molecule has 0 aromatic heterocycles. The third-order valence-corrected chi connectivity index (χ3v) is 4.90. The number of piperazine rings is 1. The van der Waals surface area contributed by atoms with Crippen LogP contribution in [0.2, 0.25) is 0 Å². The van der Waals surface area contributed by atoms with Crippen molar-refractivity contribution in [3.63, 3.8) is 0 Å². The summed E-state index contributed by atoms with van der Waals surface area (Å²) in [6.45, 7) is 7.26. The standard InChI is InChI=1S/C20H23BrN2O2/c1-2-25-20(24)17-6-8-19(9-7-17)23-12-10-22(11-13-23)15-16-4-3-5-18(21)14-16/h3-9,14H,2,10-13,15H2,1H3. The molecule has 0 bridgehead atoms. The van der Waals surface area contributed by atoms with Gasteiger partial charge >= 0.3 is 5.97 Å². The van der Waals surface area contributed by atoms with Crippen LogP contribution < -0.4 is 4.90 Å². The van der Waals surface area contributed by atoms with Gasteiger partial charge in [0.25, 0.3) is 0 Å². The van der Waals surface area contributed by atoms with Gasteiger partial charge in [-0.05, 0) is 48.9 Å². The SMILES string of the molecule is CCOC(=O)c1ccc(N2CCN(Cc3cccc(Br)c3)CC2)cc1. The van der Waals surface area contributed by atoms with E-state index in [9.17, 15) is 4.79 Å². The number of carbonyl (C=O) groups is 1. The number of nitrogens with zero attached hydrogens (tertiary/aromatic N) is 2. The second kappa shape index (κ2) is 8.50. The predicted molar refractivity (Wildman–Crippen MR) is 104 cm³/mol. The molecule has 0 spiro atoms. The fourth-order valence-electron chi connectivity index (χ4n) is 3.08. The van der Waals surface area contributed by atoms with Crippen LogP contribution in [0.1, 0.15) is 22.8 Å². The van der Waals surface area contributed by atoms with E-state index in [1.807, 2.05) is 31.2 Å². The minimum absolute atomic E-state index is 0.257. The zero-order valence-corrected chi connectivity index (χ0v) is 16.0. The van der Waals surface area contributed by atoms with E-state index in [1.165, 1.54) is 5.56 Å². The highest BCUT2D eigenvalue weighted by Crippen LogP contribution is 2.19. The van der Waals surface area contributed by atoms with Crippen molar-refractivity contribution in [2.75, 3.05) is 37.7 Å². The number of carbonyl (C=O) groups excluding carboxylic acids is 1. The average Bonchev–Trinajstić information content (AvgIpc) is 2.63. The molecular formula is C20H23BrN2O2. The Morgan fingerprint density at radius 2 is 1.80 bits per heavy atom. The monoisotopic (exact) mass is 402 g/mol. The summed E-state index contributed by atoms with van der Waals surface area (Å²) in [5, 5.41) is 0. The van der Waals surface area contributed by atoms with E-state index in [4.69, 9.17) is 4.74 Å². The highest BCUT2D eigenvalue weighted by molar-refractivity contribution is 9.10. The molecule has 0 aliphatic carbocycles. The maximum atomic E-state index is 11.7. The highest BCUT2D eigenvalue weighted by atomic mass is 79.9. The quantitative estimate of drug-likeness (QED) is 0.708. The van der Waals surface area contributed by atoms with Gasteiger partial charge < -0.3 is 9.64 Å². The number of hydrogen-bond acceptors (Lipinski definition) is 4. The van der Waals surface area contributed by atoms with Gasteiger partial charge in [-0.3, -0.25) is 4.90 Å². The van der Waals surface area contributed by atoms with Gasteiger partial charge in [0.05, 0.1) is 12.2 Å². The molecule has 2 aromatic rings. The van der Waals surface area contributed by atoms with Crippen molar-refractivity contribution in [2.24, 2.45) is 0 Å². The first-order chi connectivity index (χ1) is 12.2. The first-order valence-electron chi connectivity index (χ1n) is 8.64. The third-order valence-electron chi connectivity index (χ3n) is 4.41. The Morgan fingerprint density at radius 1 is 1.08 bits per heavy atom. The summed E-state index contributed by atoms with van der Waals surface area (Å²) in [4.78, 5) is 16.6. The number of esters is 1. The van der Waals surface area contributed by atoms with Gasteiger partial charge in [0, 0.05) is 42.9 Å². The van der Waals surface area contributed by atoms with Crippen molar-refractivity contribution in [1.29, 1.82) is 0 Å². The Hall–Kier alpha value is -1.85. The Kier molecular flexibility index (Phi) is 6.10. The second-order valence-electron chi connectivity index (χ2n) is 6.16. The van der Waals surface area contributed by atoms with E-state index in [2.05, 4.69) is 50.0 Å². The molecule has 0 saturated carbocycles. The summed E-state index contributed by atoms with van der Waals surface area (Å²) in [6.07, 6.45) is 0. The van der Waals surface area contributed by atoms with Crippen molar-refractivity contribution in [2.45, 2.75) is 13.5 Å². The Bertz CT molecular complexity index is 710. The van der Waals surface area contributed by atoms with Gasteiger partial charge in [-0.15, -0.1) is 0 Å². The number of rotatable bonds is 5. The molecule has 1 aliphatic rings. The Morgan fingerprint density at radius 3 is 2.44 bits per heavy atom. The van der Waals surface area contributed by atoms with Gasteiger partial charge in [0.15, 0.2) is 0 Å². The summed E-state index contributed by atoms with van der Waals surface area (Å²) < 4.78 is 6.16. The molecule has 1 fully saturated rings. The van der Waals surface area contributed by atoms with Crippen LogP contribution in [0.15, 0.2) is 53.0 Å². The van der Waals surface area contributed by atoms with Crippen molar-refractivity contribution in [3.05, 3.63) is 64.1 Å². The number of anilines is 1. The molecule has 1 saturated heterocycles. The van der Waals surface area contributed by atoms with E-state index in [0.29, 0.717) is 12.2 Å². The Balaban J connectivity index is 1.54. The van der Waals surface area contributed by atoms with Crippen LogP contribution in [0.3, 0.4) is 0 Å². The van der Waals surface area contributed by atoms with E-state index in [1.54, 1.807) is 0 Å². The number of benzene rings is 2. The van der Waals surface area contributed by atoms with Crippen LogP contribution in [0.25, 0.3) is 0 Å². The van der Waals surface area contributed by atoms with Gasteiger partial charge in [-0.2, -0.15) is 0 Å². The molecule has 0 N–H and O–H groups in total. The summed E-state index contributed by atoms with van der Waals surface area (Å²) in [5.41, 5.74) is 3.11. The van der Waals surface area contributed by atoms with Crippen molar-refractivity contribution >= 4 is 27.6 Å². The van der Waals surface area contributed by atoms with Crippen LogP contribution in [-0.4, -0.2) is 43.7 Å². The van der Waals surface area contributed by atoms with E-state index in [-0.39, 0.29) is 5.97 Å². The topological polar surface area (TPSA) is 32.8 Å². The Labute approximate surface area is 157 Å². The average molecular weight is 403 g/mol. The minimum atomic E-state index is -0.257. The van der Waals surface area contributed by atoms with Crippen molar-refractivity contribution < 1.29 is 9.53 Å². The zero-order valence-electron chi connectivity index (χ0n) is 14.5. The summed E-state index contributed by atoms with van der Waals surface area (Å²) >= 11 is 3.53. The van der Waals surface area contributed by atoms with Gasteiger partial charge in [-0.25, -0.2) is 4.79 Å². The molecule has 4 nitrogen and oxygen atoms in total. The molecule has 132 valence electrons. The lowest BCUT2D eigenvalue weighted by atomic mass is 10.1. The molecule has 0 radical (unpaired) electrons. The highest BCUT2D eigenvalue weighted by Gasteiger charge is 2.18. The lowest BCUT2D eigenvalue weighted by Gasteiger charge is -2.36. The summed E-state index contributed by atoms with van der Waals surface area (Å²) in [7, 11) is 0. The molecule has 0 unspecified atom stereocenters. The molecule has 2 aromatic carbocycles. The molecule has 0 amide bonds. The van der Waals surface area contributed by atoms with E-state index in [0.717, 1.165) is 42.9 Å². The molecule has 1 aliphatic heterocycles. The van der Waals surface area contributed by atoms with Crippen molar-refractivity contribution in [3.8, 4) is 0 Å². The normalized spacial score (nSPS) is 15.2. The number of halogens is 1. The van der Waals surface area contributed by atoms with Crippen molar-refractivity contribution in [1.82, 2.24) is 4.90 Å². The summed E-state index contributed by atoms with van der Waals surface area (Å²) in [5.74, 6) is -0.257. The molecule has 0 atom stereocenters. The zero-order chi connectivity index (χ0) is 17.6. The first kappa shape index (κ1) is 18.0. The fourth-order valence-corrected chi connectivity index (χ4v) is 3.53. The lowest BCUT2D eigenvalue weighted by molar-refractivity contribution is 0.0526. The van der Waals surface area contributed by atoms with E-state index < -0.39 is 0 Å². The largest absolute Gasteiger partial charge is 0.462 e. The molecule has 3 rings (SSSR count). The maximum Gasteiger partial charge on any atom is 0.338 e. The van der Waals surface area contributed by atoms with E-state index >= 15 is 0 Å². The second-order valence-corrected chi connectivity index (χ2v) is 7.08. The molecule has 5 heteroatoms. The fraction of sp³-hybridized carbons (Fsp3) is 0.350. The van der Waals surface area contributed by atoms with Crippen LogP contribution >= 0.6 is 15.9 Å². The molecular weight excluding hydrogens is 380 g/mol. The molecule has 1 heterocycles. The lowest BCUT2D eigenvalue weighted by Crippen LogP contribution is -2.45. The van der Waals surface area contributed by atoms with Crippen LogP contribution in [0.4, 0.5) is 5.69 Å². The smallest absolute Gasteiger partial charge is 0.338 e. The van der Waals surface area contributed by atoms with Crippen LogP contribution in [0.5, 0.6) is 0 Å². The maximum absolute atomic E-state index is 11.7. The summed E-state index contributed by atoms with van der Waals surface area (Å²) in [6, 6.07) is 16.2. The van der Waals surface area contributed by atoms with Gasteiger partial charge in [0.1, 0.15) is 0 Å².